The summed E-state index contributed by atoms with van der Waals surface area (Å²) in [4.78, 5) is 33.0. The second kappa shape index (κ2) is 8.30. The van der Waals surface area contributed by atoms with Crippen LogP contribution in [0.1, 0.15) is 28.8 Å². The van der Waals surface area contributed by atoms with E-state index < -0.39 is 12.5 Å². The lowest BCUT2D eigenvalue weighted by Crippen LogP contribution is -2.48. The van der Waals surface area contributed by atoms with E-state index >= 15 is 0 Å². The van der Waals surface area contributed by atoms with Crippen molar-refractivity contribution in [2.75, 3.05) is 11.9 Å². The van der Waals surface area contributed by atoms with Crippen molar-refractivity contribution in [2.24, 2.45) is 7.05 Å². The Labute approximate surface area is 181 Å². The van der Waals surface area contributed by atoms with E-state index in [2.05, 4.69) is 20.0 Å². The molecule has 2 N–H and O–H groups in total. The summed E-state index contributed by atoms with van der Waals surface area (Å²) in [5.74, 6) is 0.344. The Hall–Kier alpha value is -3.34. The molecule has 8 nitrogen and oxygen atoms in total. The summed E-state index contributed by atoms with van der Waals surface area (Å²) in [6.45, 7) is 0.254. The van der Waals surface area contributed by atoms with Crippen LogP contribution >= 0.6 is 0 Å². The van der Waals surface area contributed by atoms with Crippen LogP contribution in [-0.4, -0.2) is 46.0 Å². The van der Waals surface area contributed by atoms with Crippen LogP contribution in [0.25, 0.3) is 11.0 Å². The predicted molar refractivity (Wildman–Crippen MR) is 111 cm³/mol. The molecule has 170 valence electrons. The Morgan fingerprint density at radius 2 is 2.06 bits per heavy atom. The highest BCUT2D eigenvalue weighted by atomic mass is 19.4. The molecule has 0 aliphatic heterocycles. The first-order chi connectivity index (χ1) is 15.1. The highest BCUT2D eigenvalue weighted by molar-refractivity contribution is 5.97. The van der Waals surface area contributed by atoms with E-state index in [1.54, 1.807) is 50.6 Å². The minimum atomic E-state index is -4.61. The fourth-order valence-electron chi connectivity index (χ4n) is 3.72. The van der Waals surface area contributed by atoms with Crippen molar-refractivity contribution < 1.29 is 22.7 Å². The number of aromatic amines is 1. The van der Waals surface area contributed by atoms with Crippen LogP contribution in [0.5, 0.6) is 0 Å². The van der Waals surface area contributed by atoms with Crippen molar-refractivity contribution in [1.29, 1.82) is 0 Å². The smallest absolute Gasteiger partial charge is 0.357 e. The number of carbonyl (C=O) groups excluding carboxylic acids is 1. The van der Waals surface area contributed by atoms with Gasteiger partial charge in [0.15, 0.2) is 0 Å². The molecule has 0 atom stereocenters. The molecule has 1 fully saturated rings. The van der Waals surface area contributed by atoms with Crippen molar-refractivity contribution in [2.45, 2.75) is 37.9 Å². The molecule has 3 aromatic rings. The van der Waals surface area contributed by atoms with E-state index in [4.69, 9.17) is 0 Å². The lowest BCUT2D eigenvalue weighted by Gasteiger charge is -2.41. The molecule has 4 rings (SSSR count). The maximum Gasteiger partial charge on any atom is 0.522 e. The van der Waals surface area contributed by atoms with Gasteiger partial charge in [0.2, 0.25) is 0 Å². The first-order valence-corrected chi connectivity index (χ1v) is 10.00. The molecule has 0 bridgehead atoms. The topological polar surface area (TPSA) is 92.2 Å². The summed E-state index contributed by atoms with van der Waals surface area (Å²) in [5, 5.41) is 2.81. The summed E-state index contributed by atoms with van der Waals surface area (Å²) in [5.41, 5.74) is 2.23. The summed E-state index contributed by atoms with van der Waals surface area (Å²) in [6, 6.07) is 8.48. The van der Waals surface area contributed by atoms with E-state index in [1.807, 2.05) is 4.90 Å². The number of anilines is 1. The van der Waals surface area contributed by atoms with Gasteiger partial charge in [-0.1, -0.05) is 6.07 Å². The zero-order valence-electron chi connectivity index (χ0n) is 17.4. The van der Waals surface area contributed by atoms with Gasteiger partial charge in [-0.3, -0.25) is 14.1 Å². The molecule has 0 radical (unpaired) electrons. The van der Waals surface area contributed by atoms with Gasteiger partial charge in [-0.15, -0.1) is 13.2 Å². The number of imidazole rings is 1. The van der Waals surface area contributed by atoms with Gasteiger partial charge in [0.1, 0.15) is 5.82 Å². The molecular weight excluding hydrogens is 427 g/mol. The van der Waals surface area contributed by atoms with E-state index in [1.165, 1.54) is 4.57 Å². The molecule has 1 aliphatic carbocycles. The second-order valence-electron chi connectivity index (χ2n) is 7.85. The van der Waals surface area contributed by atoms with Crippen molar-refractivity contribution in [1.82, 2.24) is 19.9 Å². The largest absolute Gasteiger partial charge is 0.522 e. The van der Waals surface area contributed by atoms with Crippen LogP contribution < -0.4 is 15.9 Å². The van der Waals surface area contributed by atoms with Gasteiger partial charge in [-0.2, -0.15) is 0 Å². The van der Waals surface area contributed by atoms with Crippen LogP contribution in [0, 0.1) is 0 Å². The summed E-state index contributed by atoms with van der Waals surface area (Å²) in [6.07, 6.45) is -3.24. The minimum absolute atomic E-state index is 0.0697. The molecule has 0 unspecified atom stereocenters. The number of aromatic nitrogens is 3. The van der Waals surface area contributed by atoms with E-state index in [0.29, 0.717) is 22.4 Å². The molecule has 2 aromatic heterocycles. The highest BCUT2D eigenvalue weighted by Crippen LogP contribution is 2.34. The van der Waals surface area contributed by atoms with Crippen molar-refractivity contribution >= 4 is 22.8 Å². The summed E-state index contributed by atoms with van der Waals surface area (Å²) in [7, 11) is 3.43. The number of nitrogens with zero attached hydrogens (tertiary/aromatic N) is 3. The van der Waals surface area contributed by atoms with Gasteiger partial charge in [0.05, 0.1) is 17.1 Å². The van der Waals surface area contributed by atoms with Crippen LogP contribution in [-0.2, 0) is 18.3 Å². The molecule has 0 spiro atoms. The Kier molecular flexibility index (Phi) is 5.68. The minimum Gasteiger partial charge on any atom is -0.357 e. The molecule has 1 amide bonds. The molecular formula is C21H22F3N5O3. The number of hydrogen-bond donors (Lipinski definition) is 2. The zero-order valence-corrected chi connectivity index (χ0v) is 17.4. The number of aryl methyl sites for hydroxylation is 1. The highest BCUT2D eigenvalue weighted by Gasteiger charge is 2.41. The monoisotopic (exact) mass is 449 g/mol. The lowest BCUT2D eigenvalue weighted by atomic mass is 9.88. The normalized spacial score (nSPS) is 18.4. The summed E-state index contributed by atoms with van der Waals surface area (Å²) >= 11 is 0. The van der Waals surface area contributed by atoms with Crippen LogP contribution in [0.2, 0.25) is 0 Å². The van der Waals surface area contributed by atoms with Gasteiger partial charge >= 0.3 is 12.1 Å². The maximum atomic E-state index is 12.5. The fourth-order valence-corrected chi connectivity index (χ4v) is 3.72. The van der Waals surface area contributed by atoms with E-state index in [0.717, 1.165) is 5.56 Å². The molecule has 0 saturated heterocycles. The average molecular weight is 449 g/mol. The van der Waals surface area contributed by atoms with Crippen molar-refractivity contribution in [3.05, 3.63) is 58.1 Å². The Balaban J connectivity index is 1.31. The number of hydrogen-bond acceptors (Lipinski definition) is 5. The van der Waals surface area contributed by atoms with Crippen LogP contribution in [0.3, 0.4) is 0 Å². The second-order valence-corrected chi connectivity index (χ2v) is 7.85. The molecule has 1 aromatic carbocycles. The van der Waals surface area contributed by atoms with Gasteiger partial charge in [0, 0.05) is 38.4 Å². The molecule has 32 heavy (non-hydrogen) atoms. The zero-order chi connectivity index (χ0) is 23.0. The van der Waals surface area contributed by atoms with E-state index in [-0.39, 0.29) is 37.0 Å². The SMILES string of the molecule is CN(c1ccc(CNC(=O)c2ccc3c(c2)[nH]c(=O)n3C)cn1)C1CC(OC(F)(F)F)C1. The van der Waals surface area contributed by atoms with Crippen LogP contribution in [0.4, 0.5) is 19.0 Å². The Morgan fingerprint density at radius 1 is 1.31 bits per heavy atom. The number of alkyl halides is 3. The standard InChI is InChI=1S/C21H22F3N5O3/c1-28(14-8-15(9-14)32-21(22,23)24)18-6-3-12(10-25-18)11-26-19(30)13-4-5-17-16(7-13)27-20(31)29(17)2/h3-7,10,14-15H,8-9,11H2,1-2H3,(H,26,30)(H,27,31). The number of fused-ring (bicyclic) bond motifs is 1. The van der Waals surface area contributed by atoms with E-state index in [9.17, 15) is 22.8 Å². The predicted octanol–water partition coefficient (Wildman–Crippen LogP) is 2.70. The number of ether oxygens (including phenoxy) is 1. The number of carbonyl (C=O) groups is 1. The fraction of sp³-hybridized carbons (Fsp3) is 0.381. The number of halogens is 3. The Bertz CT molecular complexity index is 1180. The number of benzene rings is 1. The van der Waals surface area contributed by atoms with Gasteiger partial charge in [-0.25, -0.2) is 9.78 Å². The third-order valence-corrected chi connectivity index (χ3v) is 5.71. The van der Waals surface area contributed by atoms with Gasteiger partial charge in [0.25, 0.3) is 5.91 Å². The third kappa shape index (κ3) is 4.62. The maximum absolute atomic E-state index is 12.5. The summed E-state index contributed by atoms with van der Waals surface area (Å²) < 4.78 is 42.3. The van der Waals surface area contributed by atoms with Gasteiger partial charge < -0.3 is 15.2 Å². The lowest BCUT2D eigenvalue weighted by molar-refractivity contribution is -0.351. The first-order valence-electron chi connectivity index (χ1n) is 10.00. The number of nitrogens with one attached hydrogen (secondary N) is 2. The number of pyridine rings is 1. The quantitative estimate of drug-likeness (QED) is 0.604. The Morgan fingerprint density at radius 3 is 2.72 bits per heavy atom. The number of H-pyrrole nitrogens is 1. The van der Waals surface area contributed by atoms with Crippen molar-refractivity contribution in [3.63, 3.8) is 0 Å². The number of amides is 1. The van der Waals surface area contributed by atoms with Gasteiger partial charge in [-0.05, 0) is 42.7 Å². The third-order valence-electron chi connectivity index (χ3n) is 5.71. The molecule has 11 heteroatoms. The molecule has 2 heterocycles. The first kappa shape index (κ1) is 21.9. The van der Waals surface area contributed by atoms with Crippen LogP contribution in [0.15, 0.2) is 41.3 Å². The molecule has 1 saturated carbocycles. The molecule has 1 aliphatic rings. The van der Waals surface area contributed by atoms with Crippen molar-refractivity contribution in [3.8, 4) is 0 Å². The average Bonchev–Trinajstić information content (AvgIpc) is 3.01. The number of rotatable bonds is 6.